The van der Waals surface area contributed by atoms with Crippen LogP contribution in [0.1, 0.15) is 52.4 Å². The zero-order chi connectivity index (χ0) is 17.1. The first-order valence-corrected chi connectivity index (χ1v) is 9.70. The number of aliphatic hydroxyl groups excluding tert-OH is 1. The summed E-state index contributed by atoms with van der Waals surface area (Å²) in [5.41, 5.74) is 1.29. The van der Waals surface area contributed by atoms with Gasteiger partial charge in [-0.25, -0.2) is 0 Å². The summed E-state index contributed by atoms with van der Waals surface area (Å²) >= 11 is 0. The first-order chi connectivity index (χ1) is 11.5. The van der Waals surface area contributed by atoms with E-state index in [-0.39, 0.29) is 6.10 Å². The van der Waals surface area contributed by atoms with Gasteiger partial charge in [-0.1, -0.05) is 6.08 Å². The van der Waals surface area contributed by atoms with E-state index < -0.39 is 0 Å². The van der Waals surface area contributed by atoms with Crippen LogP contribution in [0.2, 0.25) is 0 Å². The maximum atomic E-state index is 12.9. The number of carbonyl (C=O) groups is 1. The van der Waals surface area contributed by atoms with Crippen molar-refractivity contribution in [3.8, 4) is 0 Å². The molecule has 0 aromatic heterocycles. The molecule has 3 rings (SSSR count). The van der Waals surface area contributed by atoms with Gasteiger partial charge in [0.1, 0.15) is 0 Å². The van der Waals surface area contributed by atoms with Crippen LogP contribution < -0.4 is 0 Å². The SMILES string of the molecule is C[C@@H](O)CN1CCN(CC(=O)N(C2=CCCCC2)C2CC2)C[C@@H]1C. The molecule has 1 N–H and O–H groups in total. The van der Waals surface area contributed by atoms with Gasteiger partial charge in [0.15, 0.2) is 0 Å². The van der Waals surface area contributed by atoms with E-state index in [9.17, 15) is 9.90 Å². The van der Waals surface area contributed by atoms with Gasteiger partial charge in [-0.3, -0.25) is 14.6 Å². The molecular weight excluding hydrogens is 302 g/mol. The first kappa shape index (κ1) is 17.9. The molecule has 1 aliphatic heterocycles. The topological polar surface area (TPSA) is 47.0 Å². The van der Waals surface area contributed by atoms with E-state index in [0.717, 1.165) is 39.0 Å². The molecule has 24 heavy (non-hydrogen) atoms. The third kappa shape index (κ3) is 4.58. The molecule has 0 aromatic rings. The minimum absolute atomic E-state index is 0.288. The van der Waals surface area contributed by atoms with Gasteiger partial charge in [-0.2, -0.15) is 0 Å². The maximum Gasteiger partial charge on any atom is 0.241 e. The second-order valence-electron chi connectivity index (χ2n) is 7.86. The summed E-state index contributed by atoms with van der Waals surface area (Å²) in [5.74, 6) is 0.293. The van der Waals surface area contributed by atoms with Gasteiger partial charge < -0.3 is 10.0 Å². The summed E-state index contributed by atoms with van der Waals surface area (Å²) < 4.78 is 0. The number of carbonyl (C=O) groups excluding carboxylic acids is 1. The van der Waals surface area contributed by atoms with Crippen LogP contribution in [0.5, 0.6) is 0 Å². The van der Waals surface area contributed by atoms with Crippen LogP contribution in [0.3, 0.4) is 0 Å². The third-order valence-corrected chi connectivity index (χ3v) is 5.46. The molecule has 0 aromatic carbocycles. The Labute approximate surface area is 146 Å². The molecule has 5 nitrogen and oxygen atoms in total. The smallest absolute Gasteiger partial charge is 0.241 e. The number of β-amino-alcohol motifs (C(OH)–C–C–N with tert-alkyl or cyclic N) is 1. The molecule has 136 valence electrons. The molecule has 5 heteroatoms. The highest BCUT2D eigenvalue weighted by Crippen LogP contribution is 2.33. The largest absolute Gasteiger partial charge is 0.392 e. The van der Waals surface area contributed by atoms with Crippen molar-refractivity contribution >= 4 is 5.91 Å². The van der Waals surface area contributed by atoms with Crippen molar-refractivity contribution < 1.29 is 9.90 Å². The lowest BCUT2D eigenvalue weighted by atomic mass is 10.0. The predicted molar refractivity (Wildman–Crippen MR) is 95.6 cm³/mol. The van der Waals surface area contributed by atoms with Crippen molar-refractivity contribution in [1.29, 1.82) is 0 Å². The highest BCUT2D eigenvalue weighted by molar-refractivity contribution is 5.80. The summed E-state index contributed by atoms with van der Waals surface area (Å²) in [6, 6.07) is 0.861. The fraction of sp³-hybridized carbons (Fsp3) is 0.842. The Morgan fingerprint density at radius 3 is 2.75 bits per heavy atom. The Balaban J connectivity index is 1.55. The molecule has 2 atom stereocenters. The third-order valence-electron chi connectivity index (χ3n) is 5.46. The number of aliphatic hydroxyl groups is 1. The van der Waals surface area contributed by atoms with Crippen molar-refractivity contribution in [2.45, 2.75) is 70.6 Å². The molecule has 1 saturated heterocycles. The first-order valence-electron chi connectivity index (χ1n) is 9.70. The molecule has 1 heterocycles. The average molecular weight is 335 g/mol. The Morgan fingerprint density at radius 1 is 1.38 bits per heavy atom. The van der Waals surface area contributed by atoms with Crippen LogP contribution in [-0.4, -0.2) is 76.6 Å². The van der Waals surface area contributed by atoms with Crippen molar-refractivity contribution in [3.05, 3.63) is 11.8 Å². The normalized spacial score (nSPS) is 27.6. The van der Waals surface area contributed by atoms with E-state index >= 15 is 0 Å². The molecule has 0 bridgehead atoms. The summed E-state index contributed by atoms with van der Waals surface area (Å²) in [7, 11) is 0. The van der Waals surface area contributed by atoms with Gasteiger partial charge in [0, 0.05) is 44.0 Å². The maximum absolute atomic E-state index is 12.9. The minimum atomic E-state index is -0.288. The second kappa shape index (κ2) is 7.98. The number of hydrogen-bond donors (Lipinski definition) is 1. The fourth-order valence-corrected chi connectivity index (χ4v) is 4.06. The Morgan fingerprint density at radius 2 is 2.17 bits per heavy atom. The number of allylic oxidation sites excluding steroid dienone is 2. The Hall–Kier alpha value is -0.910. The summed E-state index contributed by atoms with van der Waals surface area (Å²) in [4.78, 5) is 19.7. The van der Waals surface area contributed by atoms with Crippen molar-refractivity contribution in [1.82, 2.24) is 14.7 Å². The number of amides is 1. The van der Waals surface area contributed by atoms with Gasteiger partial charge in [0.25, 0.3) is 0 Å². The van der Waals surface area contributed by atoms with Crippen molar-refractivity contribution in [2.75, 3.05) is 32.7 Å². The monoisotopic (exact) mass is 335 g/mol. The average Bonchev–Trinajstić information content (AvgIpc) is 3.36. The summed E-state index contributed by atoms with van der Waals surface area (Å²) in [6.07, 6.45) is 9.02. The van der Waals surface area contributed by atoms with Gasteiger partial charge in [0.2, 0.25) is 5.91 Å². The van der Waals surface area contributed by atoms with E-state index in [4.69, 9.17) is 0 Å². The number of rotatable bonds is 6. The quantitative estimate of drug-likeness (QED) is 0.804. The Bertz CT molecular complexity index is 473. The molecule has 1 amide bonds. The lowest BCUT2D eigenvalue weighted by molar-refractivity contribution is -0.132. The zero-order valence-corrected chi connectivity index (χ0v) is 15.3. The van der Waals surface area contributed by atoms with Gasteiger partial charge >= 0.3 is 0 Å². The standard InChI is InChI=1S/C19H33N3O2/c1-15-12-20(10-11-21(15)13-16(2)23)14-19(24)22(18-8-9-18)17-6-4-3-5-7-17/h6,15-16,18,23H,3-5,7-14H2,1-2H3/t15-,16+/m0/s1. The van der Waals surface area contributed by atoms with Crippen LogP contribution >= 0.6 is 0 Å². The van der Waals surface area contributed by atoms with Crippen LogP contribution in [0.25, 0.3) is 0 Å². The van der Waals surface area contributed by atoms with Crippen LogP contribution in [-0.2, 0) is 4.79 Å². The van der Waals surface area contributed by atoms with Crippen LogP contribution in [0.15, 0.2) is 11.8 Å². The van der Waals surface area contributed by atoms with Crippen molar-refractivity contribution in [2.24, 2.45) is 0 Å². The molecule has 2 fully saturated rings. The predicted octanol–water partition coefficient (Wildman–Crippen LogP) is 1.82. The lowest BCUT2D eigenvalue weighted by Crippen LogP contribution is -2.55. The lowest BCUT2D eigenvalue weighted by Gasteiger charge is -2.41. The Kier molecular flexibility index (Phi) is 5.95. The summed E-state index contributed by atoms with van der Waals surface area (Å²) in [5, 5.41) is 9.60. The fourth-order valence-electron chi connectivity index (χ4n) is 4.06. The number of nitrogens with zero attached hydrogens (tertiary/aromatic N) is 3. The highest BCUT2D eigenvalue weighted by atomic mass is 16.3. The molecule has 0 radical (unpaired) electrons. The molecule has 1 saturated carbocycles. The molecule has 3 aliphatic rings. The van der Waals surface area contributed by atoms with E-state index in [1.807, 2.05) is 6.92 Å². The minimum Gasteiger partial charge on any atom is -0.392 e. The van der Waals surface area contributed by atoms with Gasteiger partial charge in [-0.05, 0) is 52.4 Å². The molecule has 2 aliphatic carbocycles. The molecule has 0 spiro atoms. The van der Waals surface area contributed by atoms with E-state index in [1.165, 1.54) is 31.4 Å². The van der Waals surface area contributed by atoms with Gasteiger partial charge in [-0.15, -0.1) is 0 Å². The van der Waals surface area contributed by atoms with E-state index in [2.05, 4.69) is 27.7 Å². The van der Waals surface area contributed by atoms with E-state index in [1.54, 1.807) is 0 Å². The summed E-state index contributed by atoms with van der Waals surface area (Å²) in [6.45, 7) is 8.07. The highest BCUT2D eigenvalue weighted by Gasteiger charge is 2.36. The van der Waals surface area contributed by atoms with Crippen molar-refractivity contribution in [3.63, 3.8) is 0 Å². The second-order valence-corrected chi connectivity index (χ2v) is 7.86. The van der Waals surface area contributed by atoms with Crippen LogP contribution in [0, 0.1) is 0 Å². The van der Waals surface area contributed by atoms with Gasteiger partial charge in [0.05, 0.1) is 12.6 Å². The molecule has 0 unspecified atom stereocenters. The number of piperazine rings is 1. The van der Waals surface area contributed by atoms with E-state index in [0.29, 0.717) is 24.5 Å². The zero-order valence-electron chi connectivity index (χ0n) is 15.3. The van der Waals surface area contributed by atoms with Crippen LogP contribution in [0.4, 0.5) is 0 Å². The number of hydrogen-bond acceptors (Lipinski definition) is 4. The molecular formula is C19H33N3O2.